The first kappa shape index (κ1) is 22.9. The van der Waals surface area contributed by atoms with Crippen LogP contribution < -0.4 is 0 Å². The van der Waals surface area contributed by atoms with E-state index in [-0.39, 0.29) is 0 Å². The van der Waals surface area contributed by atoms with Crippen LogP contribution in [0.3, 0.4) is 0 Å². The summed E-state index contributed by atoms with van der Waals surface area (Å²) in [5.41, 5.74) is 0. The molecule has 0 saturated carbocycles. The number of piperidine rings is 1. The van der Waals surface area contributed by atoms with Gasteiger partial charge in [-0.25, -0.2) is 0 Å². The third-order valence-corrected chi connectivity index (χ3v) is 5.85. The Morgan fingerprint density at radius 3 is 1.92 bits per heavy atom. The van der Waals surface area contributed by atoms with E-state index in [4.69, 9.17) is 0 Å². The van der Waals surface area contributed by atoms with Gasteiger partial charge in [-0.2, -0.15) is 0 Å². The summed E-state index contributed by atoms with van der Waals surface area (Å²) in [7, 11) is 2.23. The Labute approximate surface area is 158 Å². The van der Waals surface area contributed by atoms with Gasteiger partial charge in [0.2, 0.25) is 0 Å². The monoisotopic (exact) mass is 354 g/mol. The van der Waals surface area contributed by atoms with Gasteiger partial charge in [-0.15, -0.1) is 0 Å². The summed E-state index contributed by atoms with van der Waals surface area (Å²) in [6.07, 6.45) is 5.55. The first-order valence-corrected chi connectivity index (χ1v) is 11.1. The summed E-state index contributed by atoms with van der Waals surface area (Å²) >= 11 is 0. The molecule has 0 aliphatic carbocycles. The fraction of sp³-hybridized carbons (Fsp3) is 1.00. The molecule has 25 heavy (non-hydrogen) atoms. The average molecular weight is 355 g/mol. The van der Waals surface area contributed by atoms with Gasteiger partial charge in [0, 0.05) is 45.8 Å². The Balaban J connectivity index is 0.00000151. The largest absolute Gasteiger partial charge is 0.305 e. The van der Waals surface area contributed by atoms with Crippen molar-refractivity contribution in [1.29, 1.82) is 0 Å². The molecule has 0 N–H and O–H groups in total. The first-order valence-electron chi connectivity index (χ1n) is 11.1. The van der Waals surface area contributed by atoms with E-state index in [0.29, 0.717) is 0 Å². The highest BCUT2D eigenvalue weighted by Crippen LogP contribution is 2.19. The van der Waals surface area contributed by atoms with Gasteiger partial charge in [0.05, 0.1) is 0 Å². The molecule has 2 aliphatic rings. The van der Waals surface area contributed by atoms with Crippen LogP contribution in [0.2, 0.25) is 0 Å². The van der Waals surface area contributed by atoms with Gasteiger partial charge in [0.1, 0.15) is 0 Å². The van der Waals surface area contributed by atoms with Gasteiger partial charge < -0.3 is 14.7 Å². The van der Waals surface area contributed by atoms with Gasteiger partial charge in [-0.05, 0) is 58.4 Å². The lowest BCUT2D eigenvalue weighted by atomic mass is 9.95. The molecule has 2 fully saturated rings. The van der Waals surface area contributed by atoms with Crippen molar-refractivity contribution in [1.82, 2.24) is 19.6 Å². The molecule has 0 spiro atoms. The van der Waals surface area contributed by atoms with Gasteiger partial charge >= 0.3 is 0 Å². The molecule has 2 rings (SSSR count). The van der Waals surface area contributed by atoms with Crippen molar-refractivity contribution in [2.75, 3.05) is 79.0 Å². The highest BCUT2D eigenvalue weighted by Gasteiger charge is 2.23. The van der Waals surface area contributed by atoms with E-state index in [9.17, 15) is 0 Å². The number of hydrogen-bond acceptors (Lipinski definition) is 4. The summed E-state index contributed by atoms with van der Waals surface area (Å²) in [4.78, 5) is 10.5. The molecule has 150 valence electrons. The molecule has 0 aromatic carbocycles. The Hall–Kier alpha value is -0.160. The van der Waals surface area contributed by atoms with Gasteiger partial charge in [-0.1, -0.05) is 34.1 Å². The maximum Gasteiger partial charge on any atom is 0.0110 e. The molecule has 0 aromatic rings. The van der Waals surface area contributed by atoms with Crippen molar-refractivity contribution in [2.24, 2.45) is 5.92 Å². The number of nitrogens with zero attached hydrogens (tertiary/aromatic N) is 4. The summed E-state index contributed by atoms with van der Waals surface area (Å²) in [5, 5.41) is 0. The molecule has 0 radical (unpaired) electrons. The van der Waals surface area contributed by atoms with E-state index >= 15 is 0 Å². The lowest BCUT2D eigenvalue weighted by Gasteiger charge is -2.39. The molecule has 0 bridgehead atoms. The molecule has 4 heteroatoms. The fourth-order valence-corrected chi connectivity index (χ4v) is 3.81. The van der Waals surface area contributed by atoms with Crippen LogP contribution in [0, 0.1) is 5.92 Å². The Bertz CT molecular complexity index is 294. The molecule has 2 aliphatic heterocycles. The molecule has 0 amide bonds. The molecular weight excluding hydrogens is 308 g/mol. The number of unbranched alkanes of at least 4 members (excludes halogenated alkanes) is 1. The predicted octanol–water partition coefficient (Wildman–Crippen LogP) is 3.09. The maximum absolute atomic E-state index is 2.73. The second kappa shape index (κ2) is 14.0. The molecule has 0 atom stereocenters. The predicted molar refractivity (Wildman–Crippen MR) is 111 cm³/mol. The minimum absolute atomic E-state index is 0.950. The van der Waals surface area contributed by atoms with Crippen molar-refractivity contribution in [3.8, 4) is 0 Å². The quantitative estimate of drug-likeness (QED) is 0.631. The normalized spacial score (nSPS) is 21.4. The van der Waals surface area contributed by atoms with Crippen molar-refractivity contribution >= 4 is 0 Å². The van der Waals surface area contributed by atoms with Crippen LogP contribution in [0.5, 0.6) is 0 Å². The van der Waals surface area contributed by atoms with E-state index in [2.05, 4.69) is 40.5 Å². The Morgan fingerprint density at radius 1 is 0.800 bits per heavy atom. The minimum Gasteiger partial charge on any atom is -0.305 e. The van der Waals surface area contributed by atoms with Crippen molar-refractivity contribution in [3.05, 3.63) is 0 Å². The summed E-state index contributed by atoms with van der Waals surface area (Å²) < 4.78 is 0. The third kappa shape index (κ3) is 9.37. The molecule has 2 heterocycles. The highest BCUT2D eigenvalue weighted by molar-refractivity contribution is 4.78. The summed E-state index contributed by atoms with van der Waals surface area (Å²) in [5.74, 6) is 0.950. The zero-order valence-electron chi connectivity index (χ0n) is 18.0. The number of likely N-dealkylation sites (N-methyl/N-ethyl adjacent to an activating group) is 1. The van der Waals surface area contributed by atoms with E-state index in [1.807, 2.05) is 13.8 Å². The first-order chi connectivity index (χ1) is 12.2. The highest BCUT2D eigenvalue weighted by atomic mass is 15.3. The van der Waals surface area contributed by atoms with Crippen LogP contribution in [-0.4, -0.2) is 98.6 Å². The Morgan fingerprint density at radius 2 is 1.36 bits per heavy atom. The lowest BCUT2D eigenvalue weighted by molar-refractivity contribution is 0.0906. The topological polar surface area (TPSA) is 13.0 Å². The van der Waals surface area contributed by atoms with Crippen LogP contribution in [-0.2, 0) is 0 Å². The average Bonchev–Trinajstić information content (AvgIpc) is 2.68. The second-order valence-electron chi connectivity index (χ2n) is 7.68. The third-order valence-electron chi connectivity index (χ3n) is 5.85. The lowest BCUT2D eigenvalue weighted by Crippen LogP contribution is -2.50. The maximum atomic E-state index is 2.73. The van der Waals surface area contributed by atoms with E-state index in [1.54, 1.807) is 0 Å². The number of piperazine rings is 1. The van der Waals surface area contributed by atoms with Gasteiger partial charge in [0.25, 0.3) is 0 Å². The van der Waals surface area contributed by atoms with Crippen molar-refractivity contribution in [2.45, 2.75) is 53.4 Å². The molecule has 0 unspecified atom stereocenters. The van der Waals surface area contributed by atoms with E-state index in [0.717, 1.165) is 12.5 Å². The van der Waals surface area contributed by atoms with Crippen molar-refractivity contribution in [3.63, 3.8) is 0 Å². The summed E-state index contributed by atoms with van der Waals surface area (Å²) in [6.45, 7) is 22.6. The van der Waals surface area contributed by atoms with Crippen LogP contribution in [0.25, 0.3) is 0 Å². The molecule has 2 saturated heterocycles. The van der Waals surface area contributed by atoms with Crippen LogP contribution in [0.1, 0.15) is 53.4 Å². The van der Waals surface area contributed by atoms with Gasteiger partial charge in [-0.3, -0.25) is 4.90 Å². The van der Waals surface area contributed by atoms with E-state index < -0.39 is 0 Å². The zero-order valence-corrected chi connectivity index (χ0v) is 18.0. The van der Waals surface area contributed by atoms with Crippen LogP contribution in [0.15, 0.2) is 0 Å². The Kier molecular flexibility index (Phi) is 12.8. The fourth-order valence-electron chi connectivity index (χ4n) is 3.81. The standard InChI is InChI=1S/C19H40N4.C2H6/c1-4-6-9-21-10-7-19(8-11-21)18-23-16-14-22(15-17-23)13-12-20(3)5-2;1-2/h19H,4-18H2,1-3H3;1-2H3. The number of rotatable bonds is 9. The molecule has 4 nitrogen and oxygen atoms in total. The van der Waals surface area contributed by atoms with Crippen LogP contribution in [0.4, 0.5) is 0 Å². The van der Waals surface area contributed by atoms with Gasteiger partial charge in [0.15, 0.2) is 0 Å². The SMILES string of the molecule is CC.CCCCN1CCC(CN2CCN(CCN(C)CC)CC2)CC1. The number of likely N-dealkylation sites (tertiary alicyclic amines) is 1. The van der Waals surface area contributed by atoms with Crippen LogP contribution >= 0.6 is 0 Å². The van der Waals surface area contributed by atoms with E-state index in [1.165, 1.54) is 91.1 Å². The molecule has 0 aromatic heterocycles. The van der Waals surface area contributed by atoms with Crippen molar-refractivity contribution < 1.29 is 0 Å². The number of hydrogen-bond donors (Lipinski definition) is 0. The minimum atomic E-state index is 0.950. The smallest absolute Gasteiger partial charge is 0.0110 e. The second-order valence-corrected chi connectivity index (χ2v) is 7.68. The molecular formula is C21H46N4. The summed E-state index contributed by atoms with van der Waals surface area (Å²) in [6, 6.07) is 0. The zero-order chi connectivity index (χ0) is 18.5.